The summed E-state index contributed by atoms with van der Waals surface area (Å²) >= 11 is 0. The molecule has 1 aliphatic rings. The molecule has 294 valence electrons. The standard InChI is InChI=1S/C25H42N7O17P3/c1-13(2)14(33)5-7-27-16(34)6-8-28-23(37)20(36)25(3,4)10-46-52(43,44)49-51(41,42)45-9-15-19(48-50(38,39)40)18(35)24(47-15)32-12-31-17-21(26)29-11-30-22(17)32/h11-13,15,18-20,24,35-36H,5-10H2,1-4H3,(H,27,34)(H,28,37)(H,41,42)(H,43,44)(H2,26,29,30)(H2,38,39,40)/p-4. The van der Waals surface area contributed by atoms with E-state index < -0.39 is 84.6 Å². The number of fused-ring (bicyclic) bond motifs is 1. The number of ether oxygens (including phenoxy) is 1. The van der Waals surface area contributed by atoms with Gasteiger partial charge in [0.2, 0.25) is 11.8 Å². The van der Waals surface area contributed by atoms with Crippen molar-refractivity contribution in [1.29, 1.82) is 0 Å². The minimum absolute atomic E-state index is 0.0212. The number of anilines is 1. The number of nitrogens with two attached hydrogens (primary N) is 1. The summed E-state index contributed by atoms with van der Waals surface area (Å²) in [6.07, 6.45) is -7.46. The van der Waals surface area contributed by atoms with E-state index in [1.54, 1.807) is 13.8 Å². The van der Waals surface area contributed by atoms with Crippen LogP contribution in [0.3, 0.4) is 0 Å². The fourth-order valence-corrected chi connectivity index (χ4v) is 7.27. The molecule has 52 heavy (non-hydrogen) atoms. The number of nitrogens with one attached hydrogen (secondary N) is 2. The molecule has 24 nitrogen and oxygen atoms in total. The van der Waals surface area contributed by atoms with E-state index in [1.807, 2.05) is 0 Å². The Hall–Kier alpha value is -2.79. The van der Waals surface area contributed by atoms with Crippen molar-refractivity contribution < 1.29 is 80.5 Å². The normalized spacial score (nSPS) is 22.5. The summed E-state index contributed by atoms with van der Waals surface area (Å²) in [7, 11) is -17.6. The average molecular weight is 802 g/mol. The van der Waals surface area contributed by atoms with E-state index in [2.05, 4.69) is 43.5 Å². The molecule has 0 bridgehead atoms. The highest BCUT2D eigenvalue weighted by molar-refractivity contribution is 7.59. The van der Waals surface area contributed by atoms with Crippen LogP contribution in [-0.4, -0.2) is 98.0 Å². The van der Waals surface area contributed by atoms with Gasteiger partial charge in [0.1, 0.15) is 42.0 Å². The Labute approximate surface area is 295 Å². The third-order valence-electron chi connectivity index (χ3n) is 7.39. The maximum atomic E-state index is 12.5. The van der Waals surface area contributed by atoms with E-state index in [0.29, 0.717) is 0 Å². The molecule has 0 spiro atoms. The summed E-state index contributed by atoms with van der Waals surface area (Å²) < 4.78 is 60.3. The Morgan fingerprint density at radius 2 is 1.67 bits per heavy atom. The van der Waals surface area contributed by atoms with Gasteiger partial charge in [-0.05, 0) is 0 Å². The second-order valence-electron chi connectivity index (χ2n) is 12.4. The summed E-state index contributed by atoms with van der Waals surface area (Å²) in [5.74, 6) is -1.82. The molecule has 27 heteroatoms. The van der Waals surface area contributed by atoms with Gasteiger partial charge in [-0.2, -0.15) is 0 Å². The van der Waals surface area contributed by atoms with Gasteiger partial charge in [0.15, 0.2) is 17.7 Å². The van der Waals surface area contributed by atoms with Crippen LogP contribution in [0, 0.1) is 11.3 Å². The fourth-order valence-electron chi connectivity index (χ4n) is 4.53. The smallest absolute Gasteiger partial charge is 0.274 e. The van der Waals surface area contributed by atoms with E-state index >= 15 is 0 Å². The number of amides is 2. The number of phosphoric ester groups is 3. The minimum atomic E-state index is -5.91. The fraction of sp³-hybridized carbons (Fsp3) is 0.680. The van der Waals surface area contributed by atoms with Crippen LogP contribution in [0.1, 0.15) is 46.8 Å². The molecular formula is C25H38N7O17P3-4. The monoisotopic (exact) mass is 801 g/mol. The first kappa shape index (κ1) is 43.6. The van der Waals surface area contributed by atoms with Crippen LogP contribution in [0.5, 0.6) is 0 Å². The van der Waals surface area contributed by atoms with Gasteiger partial charge in [-0.25, -0.2) is 19.3 Å². The lowest BCUT2D eigenvalue weighted by Gasteiger charge is -2.36. The Kier molecular flexibility index (Phi) is 14.7. The van der Waals surface area contributed by atoms with Gasteiger partial charge in [0.05, 0.1) is 27.4 Å². The molecule has 2 aromatic heterocycles. The van der Waals surface area contributed by atoms with E-state index in [4.69, 9.17) is 10.5 Å². The third kappa shape index (κ3) is 12.4. The number of nitrogen functional groups attached to an aromatic ring is 1. The van der Waals surface area contributed by atoms with Gasteiger partial charge >= 0.3 is 0 Å². The summed E-state index contributed by atoms with van der Waals surface area (Å²) in [6, 6.07) is 0. The van der Waals surface area contributed by atoms with Crippen molar-refractivity contribution in [1.82, 2.24) is 30.2 Å². The number of nitrogens with zero attached hydrogens (tertiary/aromatic N) is 4. The molecule has 0 radical (unpaired) electrons. The topological polar surface area (TPSA) is 375 Å². The van der Waals surface area contributed by atoms with E-state index in [9.17, 15) is 57.9 Å². The molecule has 7 unspecified atom stereocenters. The van der Waals surface area contributed by atoms with Crippen molar-refractivity contribution in [3.05, 3.63) is 12.7 Å². The number of rotatable bonds is 20. The van der Waals surface area contributed by atoms with Crippen LogP contribution < -0.4 is 35.9 Å². The number of aliphatic hydroxyl groups excluding tert-OH is 2. The number of phosphoric acid groups is 3. The number of hydrogen-bond donors (Lipinski definition) is 5. The molecule has 1 saturated heterocycles. The average Bonchev–Trinajstić information content (AvgIpc) is 3.58. The molecular weight excluding hydrogens is 763 g/mol. The molecule has 1 fully saturated rings. The minimum Gasteiger partial charge on any atom is -0.790 e. The lowest BCUT2D eigenvalue weighted by atomic mass is 9.87. The van der Waals surface area contributed by atoms with Gasteiger partial charge in [-0.1, -0.05) is 27.7 Å². The highest BCUT2D eigenvalue weighted by Crippen LogP contribution is 2.56. The highest BCUT2D eigenvalue weighted by atomic mass is 31.3. The van der Waals surface area contributed by atoms with Crippen LogP contribution in [0.15, 0.2) is 12.7 Å². The summed E-state index contributed by atoms with van der Waals surface area (Å²) in [4.78, 5) is 95.2. The number of aromatic nitrogens is 4. The highest BCUT2D eigenvalue weighted by Gasteiger charge is 2.47. The van der Waals surface area contributed by atoms with Gasteiger partial charge in [-0.3, -0.25) is 28.1 Å². The molecule has 3 rings (SSSR count). The third-order valence-corrected chi connectivity index (χ3v) is 10.4. The number of imidazole rings is 1. The first-order chi connectivity index (χ1) is 23.9. The number of hydrogen-bond acceptors (Lipinski definition) is 21. The van der Waals surface area contributed by atoms with Crippen LogP contribution in [0.25, 0.3) is 11.2 Å². The van der Waals surface area contributed by atoms with Crippen molar-refractivity contribution in [3.63, 3.8) is 0 Å². The van der Waals surface area contributed by atoms with Crippen LogP contribution in [0.2, 0.25) is 0 Å². The first-order valence-electron chi connectivity index (χ1n) is 15.3. The Balaban J connectivity index is 1.55. The summed E-state index contributed by atoms with van der Waals surface area (Å²) in [5.41, 5.74) is 4.06. The second kappa shape index (κ2) is 17.6. The van der Waals surface area contributed by atoms with Gasteiger partial charge < -0.3 is 69.0 Å². The summed E-state index contributed by atoms with van der Waals surface area (Å²) in [5, 5.41) is 26.0. The first-order valence-corrected chi connectivity index (χ1v) is 19.7. The zero-order valence-corrected chi connectivity index (χ0v) is 30.8. The van der Waals surface area contributed by atoms with E-state index in [0.717, 1.165) is 17.2 Å². The van der Waals surface area contributed by atoms with Crippen molar-refractivity contribution in [2.24, 2.45) is 11.3 Å². The van der Waals surface area contributed by atoms with Crippen LogP contribution in [0.4, 0.5) is 5.82 Å². The number of carbonyl (C=O) groups excluding carboxylic acids is 3. The van der Waals surface area contributed by atoms with Gasteiger partial charge in [0.25, 0.3) is 15.6 Å². The SMILES string of the molecule is CC(C)C(=O)CCNC(=O)CCNC(=O)C(O)C(C)(C)COP(=O)([O-])OP(=O)([O-])OCC1OC(n2cnc3c(N)ncnc32)C(O)C1OP(=O)([O-])[O-]. The van der Waals surface area contributed by atoms with Gasteiger partial charge in [-0.15, -0.1) is 0 Å². The Morgan fingerprint density at radius 1 is 1.04 bits per heavy atom. The second-order valence-corrected chi connectivity index (χ2v) is 16.4. The predicted molar refractivity (Wildman–Crippen MR) is 165 cm³/mol. The molecule has 0 saturated carbocycles. The molecule has 0 aromatic carbocycles. The van der Waals surface area contributed by atoms with Crippen molar-refractivity contribution in [2.75, 3.05) is 32.0 Å². The molecule has 1 aliphatic heterocycles. The summed E-state index contributed by atoms with van der Waals surface area (Å²) in [6.45, 7) is 3.43. The maximum Gasteiger partial charge on any atom is 0.274 e. The van der Waals surface area contributed by atoms with Crippen LogP contribution in [-0.2, 0) is 50.7 Å². The zero-order valence-electron chi connectivity index (χ0n) is 28.1. The Bertz CT molecular complexity index is 1740. The number of carbonyl (C=O) groups is 3. The maximum absolute atomic E-state index is 12.5. The molecule has 0 aliphatic carbocycles. The van der Waals surface area contributed by atoms with Gasteiger partial charge in [0, 0.05) is 37.3 Å². The lowest BCUT2D eigenvalue weighted by molar-refractivity contribution is -0.347. The number of aliphatic hydroxyl groups is 2. The molecule has 2 amide bonds. The largest absolute Gasteiger partial charge is 0.790 e. The predicted octanol–water partition coefficient (Wildman–Crippen LogP) is -3.51. The lowest BCUT2D eigenvalue weighted by Crippen LogP contribution is -2.46. The quantitative estimate of drug-likeness (QED) is 0.0810. The van der Waals surface area contributed by atoms with Crippen LogP contribution >= 0.6 is 23.5 Å². The molecule has 3 heterocycles. The zero-order chi connectivity index (χ0) is 39.2. The molecule has 2 aromatic rings. The van der Waals surface area contributed by atoms with E-state index in [-0.39, 0.29) is 54.6 Å². The van der Waals surface area contributed by atoms with Crippen molar-refractivity contribution >= 4 is 58.0 Å². The van der Waals surface area contributed by atoms with E-state index in [1.165, 1.54) is 13.8 Å². The number of Topliss-reactive ketones (excluding diaryl/α,β-unsaturated/α-hetero) is 1. The van der Waals surface area contributed by atoms with Crippen molar-refractivity contribution in [2.45, 2.75) is 71.2 Å². The molecule has 7 atom stereocenters. The Morgan fingerprint density at radius 3 is 2.31 bits per heavy atom. The van der Waals surface area contributed by atoms with Crippen molar-refractivity contribution in [3.8, 4) is 0 Å². The molecule has 6 N–H and O–H groups in total. The number of ketones is 1.